The summed E-state index contributed by atoms with van der Waals surface area (Å²) in [5.74, 6) is -0.526. The van der Waals surface area contributed by atoms with Crippen molar-refractivity contribution >= 4 is 32.4 Å². The van der Waals surface area contributed by atoms with Crippen molar-refractivity contribution in [1.82, 2.24) is 9.29 Å². The lowest BCUT2D eigenvalue weighted by Crippen LogP contribution is -2.40. The quantitative estimate of drug-likeness (QED) is 0.762. The van der Waals surface area contributed by atoms with Crippen molar-refractivity contribution in [3.8, 4) is 0 Å². The molecule has 1 aromatic heterocycles. The maximum Gasteiger partial charge on any atom is 0.416 e. The van der Waals surface area contributed by atoms with Crippen molar-refractivity contribution in [3.05, 3.63) is 46.5 Å². The molecule has 29 heavy (non-hydrogen) atoms. The minimum absolute atomic E-state index is 0.224. The largest absolute Gasteiger partial charge is 0.416 e. The normalized spacial score (nSPS) is 16.7. The first kappa shape index (κ1) is 21.7. The maximum atomic E-state index is 12.8. The van der Waals surface area contributed by atoms with Crippen LogP contribution >= 0.6 is 11.3 Å². The number of sulfonamides is 1. The van der Waals surface area contributed by atoms with E-state index in [2.05, 4.69) is 10.3 Å². The number of carbonyl (C=O) groups excluding carboxylic acids is 1. The maximum absolute atomic E-state index is 12.8. The van der Waals surface area contributed by atoms with Gasteiger partial charge in [0.2, 0.25) is 15.9 Å². The van der Waals surface area contributed by atoms with E-state index in [1.165, 1.54) is 27.9 Å². The molecule has 2 aromatic rings. The van der Waals surface area contributed by atoms with E-state index in [0.717, 1.165) is 23.3 Å². The zero-order chi connectivity index (χ0) is 21.2. The highest BCUT2D eigenvalue weighted by Crippen LogP contribution is 2.31. The smallest absolute Gasteiger partial charge is 0.302 e. The number of piperidine rings is 1. The molecular formula is C18H20F3N3O3S2. The molecule has 0 atom stereocenters. The molecule has 1 fully saturated rings. The van der Waals surface area contributed by atoms with E-state index in [-0.39, 0.29) is 18.2 Å². The number of rotatable bonds is 5. The number of nitrogens with zero attached hydrogens (tertiary/aromatic N) is 2. The van der Waals surface area contributed by atoms with Crippen molar-refractivity contribution < 1.29 is 26.4 Å². The summed E-state index contributed by atoms with van der Waals surface area (Å²) in [6, 6.07) is 5.11. The number of benzene rings is 1. The lowest BCUT2D eigenvalue weighted by Gasteiger charge is -2.29. The Balaban J connectivity index is 1.58. The molecule has 158 valence electrons. The second-order valence-corrected chi connectivity index (χ2v) is 10.0. The van der Waals surface area contributed by atoms with Crippen molar-refractivity contribution in [2.24, 2.45) is 5.92 Å². The summed E-state index contributed by atoms with van der Waals surface area (Å²) in [6.45, 7) is 0.602. The van der Waals surface area contributed by atoms with E-state index in [0.29, 0.717) is 36.6 Å². The summed E-state index contributed by atoms with van der Waals surface area (Å²) in [7, 11) is -3.25. The number of hydrogen-bond acceptors (Lipinski definition) is 5. The molecule has 1 N–H and O–H groups in total. The minimum Gasteiger partial charge on any atom is -0.302 e. The Morgan fingerprint density at radius 3 is 2.62 bits per heavy atom. The van der Waals surface area contributed by atoms with E-state index in [1.54, 1.807) is 6.07 Å². The first-order valence-corrected chi connectivity index (χ1v) is 11.6. The molecule has 2 heterocycles. The van der Waals surface area contributed by atoms with Crippen LogP contribution in [0, 0.1) is 5.92 Å². The van der Waals surface area contributed by atoms with Gasteiger partial charge in [0.05, 0.1) is 11.8 Å². The van der Waals surface area contributed by atoms with Gasteiger partial charge in [0.15, 0.2) is 5.13 Å². The summed E-state index contributed by atoms with van der Waals surface area (Å²) < 4.78 is 62.9. The van der Waals surface area contributed by atoms with Crippen LogP contribution in [0.3, 0.4) is 0 Å². The molecule has 1 saturated heterocycles. The van der Waals surface area contributed by atoms with E-state index < -0.39 is 21.8 Å². The first-order valence-electron chi connectivity index (χ1n) is 8.89. The van der Waals surface area contributed by atoms with Gasteiger partial charge in [-0.2, -0.15) is 13.2 Å². The molecule has 3 rings (SSSR count). The van der Waals surface area contributed by atoms with Gasteiger partial charge in [-0.25, -0.2) is 17.7 Å². The zero-order valence-corrected chi connectivity index (χ0v) is 17.2. The fourth-order valence-corrected chi connectivity index (χ4v) is 4.89. The number of amides is 1. The molecule has 0 spiro atoms. The number of hydrogen-bond donors (Lipinski definition) is 1. The molecule has 1 amide bonds. The Hall–Kier alpha value is -1.98. The van der Waals surface area contributed by atoms with Crippen LogP contribution in [0.1, 0.15) is 28.8 Å². The number of halogens is 3. The first-order chi connectivity index (χ1) is 13.5. The van der Waals surface area contributed by atoms with Crippen molar-refractivity contribution in [2.45, 2.75) is 25.4 Å². The highest BCUT2D eigenvalue weighted by atomic mass is 32.2. The molecule has 0 radical (unpaired) electrons. The van der Waals surface area contributed by atoms with Gasteiger partial charge in [-0.3, -0.25) is 4.79 Å². The van der Waals surface area contributed by atoms with Gasteiger partial charge >= 0.3 is 6.18 Å². The molecule has 11 heteroatoms. The fourth-order valence-electron chi connectivity index (χ4n) is 3.16. The Morgan fingerprint density at radius 1 is 1.31 bits per heavy atom. The standard InChI is InChI=1S/C18H20F3N3O3S2/c1-29(26,27)24-7-5-13(6-8-24)16(25)23-17-22-11-15(28-17)10-12-3-2-4-14(9-12)18(19,20)21/h2-4,9,11,13H,5-8,10H2,1H3,(H,22,23,25). The number of alkyl halides is 3. The van der Waals surface area contributed by atoms with Crippen LogP contribution in [0.25, 0.3) is 0 Å². The van der Waals surface area contributed by atoms with Crippen LogP contribution in [0.5, 0.6) is 0 Å². The molecule has 6 nitrogen and oxygen atoms in total. The van der Waals surface area contributed by atoms with Gasteiger partial charge in [0, 0.05) is 36.5 Å². The number of aromatic nitrogens is 1. The lowest BCUT2D eigenvalue weighted by molar-refractivity contribution is -0.137. The van der Waals surface area contributed by atoms with Crippen LogP contribution in [-0.4, -0.2) is 43.0 Å². The SMILES string of the molecule is CS(=O)(=O)N1CCC(C(=O)Nc2ncc(Cc3cccc(C(F)(F)F)c3)s2)CC1. The summed E-state index contributed by atoms with van der Waals surface area (Å²) in [5.41, 5.74) is -0.192. The van der Waals surface area contributed by atoms with Crippen LogP contribution in [0.4, 0.5) is 18.3 Å². The van der Waals surface area contributed by atoms with Gasteiger partial charge in [-0.15, -0.1) is 11.3 Å². The van der Waals surface area contributed by atoms with Crippen molar-refractivity contribution in [2.75, 3.05) is 24.7 Å². The van der Waals surface area contributed by atoms with Crippen molar-refractivity contribution in [3.63, 3.8) is 0 Å². The van der Waals surface area contributed by atoms with E-state index in [4.69, 9.17) is 0 Å². The van der Waals surface area contributed by atoms with Gasteiger partial charge in [0.1, 0.15) is 0 Å². The molecule has 0 aliphatic carbocycles. The second-order valence-electron chi connectivity index (χ2n) is 6.93. The molecule has 1 aliphatic rings. The number of nitrogens with one attached hydrogen (secondary N) is 1. The van der Waals surface area contributed by atoms with Gasteiger partial charge in [-0.1, -0.05) is 18.2 Å². The molecule has 1 aromatic carbocycles. The molecule has 0 bridgehead atoms. The van der Waals surface area contributed by atoms with E-state index >= 15 is 0 Å². The molecular weight excluding hydrogens is 427 g/mol. The number of carbonyl (C=O) groups is 1. The highest BCUT2D eigenvalue weighted by molar-refractivity contribution is 7.88. The molecule has 0 saturated carbocycles. The Morgan fingerprint density at radius 2 is 2.00 bits per heavy atom. The lowest BCUT2D eigenvalue weighted by atomic mass is 9.97. The third-order valence-corrected chi connectivity index (χ3v) is 6.93. The molecule has 0 unspecified atom stereocenters. The average molecular weight is 448 g/mol. The van der Waals surface area contributed by atoms with Crippen LogP contribution in [0.15, 0.2) is 30.5 Å². The zero-order valence-electron chi connectivity index (χ0n) is 15.6. The summed E-state index contributed by atoms with van der Waals surface area (Å²) >= 11 is 1.21. The van der Waals surface area contributed by atoms with Gasteiger partial charge in [0.25, 0.3) is 0 Å². The Bertz CT molecular complexity index is 981. The summed E-state index contributed by atoms with van der Waals surface area (Å²) in [6.07, 6.45) is -0.565. The monoisotopic (exact) mass is 447 g/mol. The molecule has 1 aliphatic heterocycles. The second kappa shape index (κ2) is 8.41. The number of anilines is 1. The topological polar surface area (TPSA) is 79.4 Å². The Labute approximate surface area is 170 Å². The van der Waals surface area contributed by atoms with Gasteiger partial charge in [-0.05, 0) is 24.5 Å². The number of thiazole rings is 1. The van der Waals surface area contributed by atoms with E-state index in [9.17, 15) is 26.4 Å². The average Bonchev–Trinajstić information content (AvgIpc) is 3.07. The predicted octanol–water partition coefficient (Wildman–Crippen LogP) is 3.36. The van der Waals surface area contributed by atoms with Crippen LogP contribution in [0.2, 0.25) is 0 Å². The third-order valence-electron chi connectivity index (χ3n) is 4.71. The van der Waals surface area contributed by atoms with E-state index in [1.807, 2.05) is 0 Å². The summed E-state index contributed by atoms with van der Waals surface area (Å²) in [4.78, 5) is 17.3. The van der Waals surface area contributed by atoms with Crippen LogP contribution in [-0.2, 0) is 27.4 Å². The third kappa shape index (κ3) is 5.77. The van der Waals surface area contributed by atoms with Crippen LogP contribution < -0.4 is 5.32 Å². The summed E-state index contributed by atoms with van der Waals surface area (Å²) in [5, 5.41) is 3.10. The minimum atomic E-state index is -4.39. The van der Waals surface area contributed by atoms with Crippen molar-refractivity contribution in [1.29, 1.82) is 0 Å². The highest BCUT2D eigenvalue weighted by Gasteiger charge is 2.31. The van der Waals surface area contributed by atoms with Gasteiger partial charge < -0.3 is 5.32 Å². The fraction of sp³-hybridized carbons (Fsp3) is 0.444. The predicted molar refractivity (Wildman–Crippen MR) is 104 cm³/mol. The Kier molecular flexibility index (Phi) is 6.30.